The summed E-state index contributed by atoms with van der Waals surface area (Å²) in [4.78, 5) is 16.8. The van der Waals surface area contributed by atoms with E-state index in [4.69, 9.17) is 0 Å². The number of likely N-dealkylation sites (N-methyl/N-ethyl adjacent to an activating group) is 1. The monoisotopic (exact) mass is 272 g/mol. The number of fused-ring (bicyclic) bond motifs is 1. The second kappa shape index (κ2) is 5.25. The highest BCUT2D eigenvalue weighted by molar-refractivity contribution is 5.98. The summed E-state index contributed by atoms with van der Waals surface area (Å²) in [6, 6.07) is 6.07. The molecule has 1 aromatic carbocycles. The third kappa shape index (κ3) is 2.41. The molecule has 1 amide bonds. The summed E-state index contributed by atoms with van der Waals surface area (Å²) in [6.45, 7) is 1.79. The van der Waals surface area contributed by atoms with Gasteiger partial charge in [0.15, 0.2) is 0 Å². The van der Waals surface area contributed by atoms with Gasteiger partial charge in [-0.15, -0.1) is 0 Å². The summed E-state index contributed by atoms with van der Waals surface area (Å²) in [6.07, 6.45) is 3.96. The van der Waals surface area contributed by atoms with Crippen molar-refractivity contribution in [1.82, 2.24) is 20.0 Å². The molecule has 0 radical (unpaired) electrons. The highest BCUT2D eigenvalue weighted by Crippen LogP contribution is 2.22. The maximum atomic E-state index is 12.7. The third-order valence-electron chi connectivity index (χ3n) is 3.90. The Balaban J connectivity index is 1.83. The zero-order valence-corrected chi connectivity index (χ0v) is 12.0. The Hall–Kier alpha value is -1.88. The van der Waals surface area contributed by atoms with Crippen LogP contribution < -0.4 is 0 Å². The van der Waals surface area contributed by atoms with Crippen molar-refractivity contribution in [3.8, 4) is 0 Å². The summed E-state index contributed by atoms with van der Waals surface area (Å²) >= 11 is 0. The van der Waals surface area contributed by atoms with Crippen LogP contribution in [-0.4, -0.2) is 59.1 Å². The number of benzene rings is 1. The van der Waals surface area contributed by atoms with Gasteiger partial charge in [0, 0.05) is 30.1 Å². The molecular weight excluding hydrogens is 252 g/mol. The maximum Gasteiger partial charge on any atom is 0.254 e. The van der Waals surface area contributed by atoms with Gasteiger partial charge >= 0.3 is 0 Å². The van der Waals surface area contributed by atoms with Crippen LogP contribution in [0.5, 0.6) is 0 Å². The average Bonchev–Trinajstić information content (AvgIpc) is 3.04. The largest absolute Gasteiger partial charge is 0.334 e. The number of aromatic nitrogens is 2. The maximum absolute atomic E-state index is 12.7. The first-order valence-corrected chi connectivity index (χ1v) is 7.04. The van der Waals surface area contributed by atoms with E-state index in [-0.39, 0.29) is 5.91 Å². The van der Waals surface area contributed by atoms with E-state index < -0.39 is 0 Å². The fourth-order valence-corrected chi connectivity index (χ4v) is 2.95. The van der Waals surface area contributed by atoms with E-state index in [1.54, 1.807) is 6.20 Å². The van der Waals surface area contributed by atoms with E-state index >= 15 is 0 Å². The lowest BCUT2D eigenvalue weighted by molar-refractivity contribution is 0.0716. The van der Waals surface area contributed by atoms with E-state index in [1.807, 2.05) is 23.1 Å². The molecule has 20 heavy (non-hydrogen) atoms. The van der Waals surface area contributed by atoms with Crippen molar-refractivity contribution in [2.75, 3.05) is 27.2 Å². The van der Waals surface area contributed by atoms with Gasteiger partial charge < -0.3 is 9.80 Å². The number of hydrogen-bond acceptors (Lipinski definition) is 3. The van der Waals surface area contributed by atoms with Gasteiger partial charge in [0.1, 0.15) is 0 Å². The summed E-state index contributed by atoms with van der Waals surface area (Å²) in [5.41, 5.74) is 1.66. The summed E-state index contributed by atoms with van der Waals surface area (Å²) in [7, 11) is 4.11. The lowest BCUT2D eigenvalue weighted by atomic mass is 10.1. The highest BCUT2D eigenvalue weighted by atomic mass is 16.2. The van der Waals surface area contributed by atoms with E-state index in [0.29, 0.717) is 6.04 Å². The first-order chi connectivity index (χ1) is 9.65. The topological polar surface area (TPSA) is 52.2 Å². The first-order valence-electron chi connectivity index (χ1n) is 7.04. The molecule has 0 spiro atoms. The average molecular weight is 272 g/mol. The number of carbonyl (C=O) groups is 1. The van der Waals surface area contributed by atoms with Crippen molar-refractivity contribution >= 4 is 16.8 Å². The molecule has 106 valence electrons. The van der Waals surface area contributed by atoms with Crippen LogP contribution in [0.1, 0.15) is 23.2 Å². The van der Waals surface area contributed by atoms with Gasteiger partial charge in [0.2, 0.25) is 0 Å². The van der Waals surface area contributed by atoms with Crippen molar-refractivity contribution in [1.29, 1.82) is 0 Å². The molecule has 5 nitrogen and oxygen atoms in total. The summed E-state index contributed by atoms with van der Waals surface area (Å²) in [5, 5.41) is 7.95. The molecular formula is C15H20N4O. The van der Waals surface area contributed by atoms with Crippen LogP contribution in [0.25, 0.3) is 10.9 Å². The molecule has 1 saturated heterocycles. The van der Waals surface area contributed by atoms with Crippen LogP contribution in [0.2, 0.25) is 0 Å². The number of aromatic amines is 1. The Morgan fingerprint density at radius 1 is 1.50 bits per heavy atom. The Morgan fingerprint density at radius 2 is 2.35 bits per heavy atom. The van der Waals surface area contributed by atoms with E-state index in [2.05, 4.69) is 29.2 Å². The molecule has 1 atom stereocenters. The zero-order chi connectivity index (χ0) is 14.1. The molecule has 1 aromatic heterocycles. The number of nitrogens with zero attached hydrogens (tertiary/aromatic N) is 3. The van der Waals surface area contributed by atoms with Crippen molar-refractivity contribution in [2.24, 2.45) is 0 Å². The third-order valence-corrected chi connectivity index (χ3v) is 3.90. The van der Waals surface area contributed by atoms with Gasteiger partial charge in [0.05, 0.1) is 11.7 Å². The molecule has 0 saturated carbocycles. The molecule has 3 rings (SSSR count). The van der Waals surface area contributed by atoms with Crippen LogP contribution in [0, 0.1) is 0 Å². The van der Waals surface area contributed by atoms with E-state index in [1.165, 1.54) is 0 Å². The molecule has 0 aliphatic carbocycles. The Labute approximate surface area is 118 Å². The number of amides is 1. The van der Waals surface area contributed by atoms with Crippen molar-refractivity contribution in [3.63, 3.8) is 0 Å². The molecule has 1 N–H and O–H groups in total. The quantitative estimate of drug-likeness (QED) is 0.925. The van der Waals surface area contributed by atoms with Gasteiger partial charge in [-0.05, 0) is 39.1 Å². The summed E-state index contributed by atoms with van der Waals surface area (Å²) in [5.74, 6) is 0.130. The first kappa shape index (κ1) is 13.1. The Morgan fingerprint density at radius 3 is 3.15 bits per heavy atom. The van der Waals surface area contributed by atoms with Gasteiger partial charge in [-0.1, -0.05) is 6.07 Å². The zero-order valence-electron chi connectivity index (χ0n) is 12.0. The lowest BCUT2D eigenvalue weighted by Gasteiger charge is -2.27. The number of H-pyrrole nitrogens is 1. The van der Waals surface area contributed by atoms with Gasteiger partial charge in [0.25, 0.3) is 5.91 Å². The van der Waals surface area contributed by atoms with E-state index in [9.17, 15) is 4.79 Å². The van der Waals surface area contributed by atoms with E-state index in [0.717, 1.165) is 42.4 Å². The smallest absolute Gasteiger partial charge is 0.254 e. The summed E-state index contributed by atoms with van der Waals surface area (Å²) < 4.78 is 0. The molecule has 2 heterocycles. The van der Waals surface area contributed by atoms with Crippen molar-refractivity contribution in [2.45, 2.75) is 18.9 Å². The minimum atomic E-state index is 0.130. The number of likely N-dealkylation sites (tertiary alicyclic amines) is 1. The Bertz CT molecular complexity index is 619. The predicted octanol–water partition coefficient (Wildman–Crippen LogP) is 1.73. The lowest BCUT2D eigenvalue weighted by Crippen LogP contribution is -2.41. The second-order valence-electron chi connectivity index (χ2n) is 5.73. The molecule has 5 heteroatoms. The standard InChI is InChI=1S/C15H20N4O/c1-18(2)10-13-4-3-7-19(13)15(20)11-5-6-12-9-16-17-14(12)8-11/h5-6,8-9,13H,3-4,7,10H2,1-2H3,(H,16,17). The number of rotatable bonds is 3. The second-order valence-corrected chi connectivity index (χ2v) is 5.73. The molecule has 1 aliphatic heterocycles. The van der Waals surface area contributed by atoms with Crippen LogP contribution in [-0.2, 0) is 0 Å². The van der Waals surface area contributed by atoms with Gasteiger partial charge in [-0.25, -0.2) is 0 Å². The Kier molecular flexibility index (Phi) is 3.44. The minimum Gasteiger partial charge on any atom is -0.334 e. The number of carbonyl (C=O) groups excluding carboxylic acids is 1. The molecule has 1 fully saturated rings. The SMILES string of the molecule is CN(C)CC1CCCN1C(=O)c1ccc2cn[nH]c2c1. The van der Waals surface area contributed by atoms with Gasteiger partial charge in [-0.3, -0.25) is 9.89 Å². The van der Waals surface area contributed by atoms with Crippen molar-refractivity contribution in [3.05, 3.63) is 30.0 Å². The molecule has 1 unspecified atom stereocenters. The normalized spacial score (nSPS) is 19.1. The van der Waals surface area contributed by atoms with Crippen LogP contribution in [0.4, 0.5) is 0 Å². The number of hydrogen-bond donors (Lipinski definition) is 1. The fraction of sp³-hybridized carbons (Fsp3) is 0.467. The van der Waals surface area contributed by atoms with Crippen LogP contribution in [0.15, 0.2) is 24.4 Å². The molecule has 0 bridgehead atoms. The van der Waals surface area contributed by atoms with Crippen LogP contribution >= 0.6 is 0 Å². The number of nitrogens with one attached hydrogen (secondary N) is 1. The van der Waals surface area contributed by atoms with Crippen LogP contribution in [0.3, 0.4) is 0 Å². The van der Waals surface area contributed by atoms with Gasteiger partial charge in [-0.2, -0.15) is 5.10 Å². The minimum absolute atomic E-state index is 0.130. The predicted molar refractivity (Wildman–Crippen MR) is 78.7 cm³/mol. The molecule has 1 aliphatic rings. The fourth-order valence-electron chi connectivity index (χ4n) is 2.95. The van der Waals surface area contributed by atoms with Crippen molar-refractivity contribution < 1.29 is 4.79 Å². The molecule has 2 aromatic rings. The highest BCUT2D eigenvalue weighted by Gasteiger charge is 2.29.